The molecular weight excluding hydrogens is 268 g/mol. The molecule has 5 nitrogen and oxygen atoms in total. The van der Waals surface area contributed by atoms with E-state index in [9.17, 15) is 9.59 Å². The predicted molar refractivity (Wildman–Crippen MR) is 78.1 cm³/mol. The molecule has 21 heavy (non-hydrogen) atoms. The molecule has 0 radical (unpaired) electrons. The summed E-state index contributed by atoms with van der Waals surface area (Å²) in [4.78, 5) is 24.7. The molecule has 0 aromatic heterocycles. The van der Waals surface area contributed by atoms with Crippen molar-refractivity contribution in [2.75, 3.05) is 13.1 Å². The number of nitrogens with one attached hydrogen (secondary N) is 1. The zero-order valence-corrected chi connectivity index (χ0v) is 11.9. The van der Waals surface area contributed by atoms with Crippen molar-refractivity contribution >= 4 is 12.0 Å². The highest BCUT2D eigenvalue weighted by molar-refractivity contribution is 5.75. The molecule has 1 unspecified atom stereocenters. The highest BCUT2D eigenvalue weighted by Crippen LogP contribution is 2.23. The van der Waals surface area contributed by atoms with Crippen molar-refractivity contribution in [1.82, 2.24) is 10.2 Å². The van der Waals surface area contributed by atoms with Crippen molar-refractivity contribution in [1.29, 1.82) is 0 Å². The van der Waals surface area contributed by atoms with Crippen LogP contribution < -0.4 is 5.32 Å². The van der Waals surface area contributed by atoms with E-state index in [1.807, 2.05) is 12.1 Å². The van der Waals surface area contributed by atoms with Crippen LogP contribution in [0.15, 0.2) is 24.3 Å². The maximum Gasteiger partial charge on any atom is 0.317 e. The average molecular weight is 288 g/mol. The van der Waals surface area contributed by atoms with Gasteiger partial charge >= 0.3 is 12.0 Å². The minimum absolute atomic E-state index is 0.0549. The quantitative estimate of drug-likeness (QED) is 0.888. The average Bonchev–Trinajstić information content (AvgIpc) is 3.03. The summed E-state index contributed by atoms with van der Waals surface area (Å²) in [5.74, 6) is -0.692. The van der Waals surface area contributed by atoms with Gasteiger partial charge in [-0.1, -0.05) is 24.3 Å². The lowest BCUT2D eigenvalue weighted by Crippen LogP contribution is -2.44. The van der Waals surface area contributed by atoms with Gasteiger partial charge in [-0.2, -0.15) is 0 Å². The molecule has 1 aromatic rings. The SMILES string of the molecule is O=C(O)CC1CCN(C(=O)NC2Cc3ccccc3C2)C1. The molecule has 3 rings (SSSR count). The third-order valence-electron chi connectivity index (χ3n) is 4.41. The van der Waals surface area contributed by atoms with E-state index in [1.165, 1.54) is 11.1 Å². The minimum atomic E-state index is -0.784. The van der Waals surface area contributed by atoms with Crippen LogP contribution in [0.5, 0.6) is 0 Å². The van der Waals surface area contributed by atoms with Gasteiger partial charge in [0, 0.05) is 25.6 Å². The first-order valence-electron chi connectivity index (χ1n) is 7.46. The van der Waals surface area contributed by atoms with Crippen LogP contribution >= 0.6 is 0 Å². The summed E-state index contributed by atoms with van der Waals surface area (Å²) >= 11 is 0. The zero-order valence-electron chi connectivity index (χ0n) is 11.9. The standard InChI is InChI=1S/C16H20N2O3/c19-15(20)7-11-5-6-18(10-11)16(21)17-14-8-12-3-1-2-4-13(12)9-14/h1-4,11,14H,5-10H2,(H,17,21)(H,19,20). The van der Waals surface area contributed by atoms with E-state index in [0.29, 0.717) is 13.1 Å². The van der Waals surface area contributed by atoms with Crippen molar-refractivity contribution < 1.29 is 14.7 Å². The summed E-state index contributed by atoms with van der Waals surface area (Å²) in [5, 5.41) is 11.9. The van der Waals surface area contributed by atoms with Gasteiger partial charge in [-0.3, -0.25) is 4.79 Å². The molecule has 1 aromatic carbocycles. The first kappa shape index (κ1) is 13.9. The van der Waals surface area contributed by atoms with E-state index >= 15 is 0 Å². The molecule has 0 bridgehead atoms. The number of carboxylic acid groups (broad SMARTS) is 1. The number of benzene rings is 1. The van der Waals surface area contributed by atoms with Crippen molar-refractivity contribution in [3.63, 3.8) is 0 Å². The molecule has 1 aliphatic heterocycles. The Kier molecular flexibility index (Phi) is 3.82. The Hall–Kier alpha value is -2.04. The molecule has 1 saturated heterocycles. The van der Waals surface area contributed by atoms with Gasteiger partial charge in [0.25, 0.3) is 0 Å². The first-order valence-corrected chi connectivity index (χ1v) is 7.46. The number of fused-ring (bicyclic) bond motifs is 1. The molecule has 2 N–H and O–H groups in total. The summed E-state index contributed by atoms with van der Waals surface area (Å²) in [6.45, 7) is 1.21. The van der Waals surface area contributed by atoms with Crippen LogP contribution in [0.25, 0.3) is 0 Å². The van der Waals surface area contributed by atoms with Crippen molar-refractivity contribution in [2.24, 2.45) is 5.92 Å². The van der Waals surface area contributed by atoms with Crippen LogP contribution in [-0.4, -0.2) is 41.1 Å². The second-order valence-corrected chi connectivity index (χ2v) is 6.02. The molecule has 1 heterocycles. The van der Waals surface area contributed by atoms with Gasteiger partial charge in [-0.25, -0.2) is 4.79 Å². The van der Waals surface area contributed by atoms with E-state index in [-0.39, 0.29) is 24.4 Å². The van der Waals surface area contributed by atoms with Gasteiger partial charge in [-0.15, -0.1) is 0 Å². The van der Waals surface area contributed by atoms with Gasteiger partial charge in [0.05, 0.1) is 0 Å². The number of hydrogen-bond donors (Lipinski definition) is 2. The lowest BCUT2D eigenvalue weighted by Gasteiger charge is -2.20. The van der Waals surface area contributed by atoms with Crippen LogP contribution in [0.2, 0.25) is 0 Å². The highest BCUT2D eigenvalue weighted by Gasteiger charge is 2.30. The normalized spacial score (nSPS) is 21.3. The Labute approximate surface area is 123 Å². The lowest BCUT2D eigenvalue weighted by atomic mass is 10.1. The van der Waals surface area contributed by atoms with Gasteiger partial charge in [0.1, 0.15) is 0 Å². The number of amides is 2. The second-order valence-electron chi connectivity index (χ2n) is 6.02. The molecule has 2 amide bonds. The first-order chi connectivity index (χ1) is 10.1. The third-order valence-corrected chi connectivity index (χ3v) is 4.41. The molecule has 0 saturated carbocycles. The predicted octanol–water partition coefficient (Wildman–Crippen LogP) is 1.66. The molecular formula is C16H20N2O3. The van der Waals surface area contributed by atoms with E-state index in [0.717, 1.165) is 19.3 Å². The Morgan fingerprint density at radius 1 is 1.24 bits per heavy atom. The molecule has 2 aliphatic rings. The summed E-state index contributed by atoms with van der Waals surface area (Å²) in [6, 6.07) is 8.38. The van der Waals surface area contributed by atoms with Gasteiger partial charge in [0.15, 0.2) is 0 Å². The summed E-state index contributed by atoms with van der Waals surface area (Å²) in [6.07, 6.45) is 2.70. The number of likely N-dealkylation sites (tertiary alicyclic amines) is 1. The number of rotatable bonds is 3. The Balaban J connectivity index is 1.51. The second kappa shape index (κ2) is 5.76. The summed E-state index contributed by atoms with van der Waals surface area (Å²) in [5.41, 5.74) is 2.63. The van der Waals surface area contributed by atoms with Crippen LogP contribution in [0, 0.1) is 5.92 Å². The lowest BCUT2D eigenvalue weighted by molar-refractivity contribution is -0.138. The molecule has 0 spiro atoms. The largest absolute Gasteiger partial charge is 0.481 e. The fourth-order valence-electron chi connectivity index (χ4n) is 3.36. The van der Waals surface area contributed by atoms with Gasteiger partial charge in [-0.05, 0) is 36.3 Å². The van der Waals surface area contributed by atoms with E-state index in [1.54, 1.807) is 4.90 Å². The van der Waals surface area contributed by atoms with Gasteiger partial charge < -0.3 is 15.3 Å². The van der Waals surface area contributed by atoms with Crippen molar-refractivity contribution in [3.05, 3.63) is 35.4 Å². The molecule has 112 valence electrons. The number of nitrogens with zero attached hydrogens (tertiary/aromatic N) is 1. The Morgan fingerprint density at radius 3 is 2.52 bits per heavy atom. The topological polar surface area (TPSA) is 69.6 Å². The number of aliphatic carboxylic acids is 1. The number of carboxylic acids is 1. The zero-order chi connectivity index (χ0) is 14.8. The molecule has 5 heteroatoms. The summed E-state index contributed by atoms with van der Waals surface area (Å²) < 4.78 is 0. The smallest absolute Gasteiger partial charge is 0.317 e. The Morgan fingerprint density at radius 2 is 1.90 bits per heavy atom. The maximum atomic E-state index is 12.3. The molecule has 1 atom stereocenters. The summed E-state index contributed by atoms with van der Waals surface area (Å²) in [7, 11) is 0. The van der Waals surface area contributed by atoms with Crippen LogP contribution in [0.4, 0.5) is 4.79 Å². The fraction of sp³-hybridized carbons (Fsp3) is 0.500. The van der Waals surface area contributed by atoms with E-state index < -0.39 is 5.97 Å². The van der Waals surface area contributed by atoms with Gasteiger partial charge in [0.2, 0.25) is 0 Å². The number of carbonyl (C=O) groups is 2. The maximum absolute atomic E-state index is 12.3. The van der Waals surface area contributed by atoms with Crippen molar-refractivity contribution in [3.8, 4) is 0 Å². The number of hydrogen-bond acceptors (Lipinski definition) is 2. The third kappa shape index (κ3) is 3.17. The Bertz CT molecular complexity index is 533. The fourth-order valence-corrected chi connectivity index (χ4v) is 3.36. The molecule has 1 aliphatic carbocycles. The number of urea groups is 1. The van der Waals surface area contributed by atoms with E-state index in [4.69, 9.17) is 5.11 Å². The van der Waals surface area contributed by atoms with Crippen molar-refractivity contribution in [2.45, 2.75) is 31.7 Å². The van der Waals surface area contributed by atoms with Crippen LogP contribution in [-0.2, 0) is 17.6 Å². The minimum Gasteiger partial charge on any atom is -0.481 e. The highest BCUT2D eigenvalue weighted by atomic mass is 16.4. The number of carbonyl (C=O) groups excluding carboxylic acids is 1. The van der Waals surface area contributed by atoms with Crippen LogP contribution in [0.3, 0.4) is 0 Å². The van der Waals surface area contributed by atoms with E-state index in [2.05, 4.69) is 17.4 Å². The monoisotopic (exact) mass is 288 g/mol. The van der Waals surface area contributed by atoms with Crippen LogP contribution in [0.1, 0.15) is 24.0 Å². The molecule has 1 fully saturated rings.